The minimum Gasteiger partial charge on any atom is -0.271 e. The molecular formula is C14H13ClFIN2. The molecular weight excluding hydrogens is 378 g/mol. The van der Waals surface area contributed by atoms with Crippen LogP contribution in [-0.2, 0) is 6.42 Å². The van der Waals surface area contributed by atoms with Gasteiger partial charge in [-0.2, -0.15) is 0 Å². The van der Waals surface area contributed by atoms with Crippen molar-refractivity contribution in [3.05, 3.63) is 68.0 Å². The molecule has 2 aromatic carbocycles. The van der Waals surface area contributed by atoms with Gasteiger partial charge in [-0.25, -0.2) is 4.39 Å². The van der Waals surface area contributed by atoms with Gasteiger partial charge in [0.05, 0.1) is 11.1 Å². The topological polar surface area (TPSA) is 38.0 Å². The third-order valence-corrected chi connectivity index (χ3v) is 4.07. The smallest absolute Gasteiger partial charge is 0.142 e. The molecule has 0 heterocycles. The van der Waals surface area contributed by atoms with Gasteiger partial charge in [0, 0.05) is 3.57 Å². The van der Waals surface area contributed by atoms with Gasteiger partial charge in [0.1, 0.15) is 5.82 Å². The molecule has 5 heteroatoms. The number of nitrogens with one attached hydrogen (secondary N) is 1. The van der Waals surface area contributed by atoms with E-state index in [1.54, 1.807) is 6.07 Å². The minimum absolute atomic E-state index is 0.101. The largest absolute Gasteiger partial charge is 0.271 e. The predicted octanol–water partition coefficient (Wildman–Crippen LogP) is 3.83. The lowest BCUT2D eigenvalue weighted by atomic mass is 9.99. The van der Waals surface area contributed by atoms with Crippen LogP contribution in [0.3, 0.4) is 0 Å². The molecule has 100 valence electrons. The van der Waals surface area contributed by atoms with Gasteiger partial charge >= 0.3 is 0 Å². The van der Waals surface area contributed by atoms with E-state index < -0.39 is 5.82 Å². The lowest BCUT2D eigenvalue weighted by Gasteiger charge is -2.17. The second-order valence-corrected chi connectivity index (χ2v) is 5.81. The van der Waals surface area contributed by atoms with E-state index in [4.69, 9.17) is 17.4 Å². The predicted molar refractivity (Wildman–Crippen MR) is 84.3 cm³/mol. The van der Waals surface area contributed by atoms with Crippen LogP contribution in [0.2, 0.25) is 5.02 Å². The first-order chi connectivity index (χ1) is 9.11. The number of nitrogens with two attached hydrogens (primary N) is 1. The van der Waals surface area contributed by atoms with Crippen LogP contribution in [0.4, 0.5) is 4.39 Å². The van der Waals surface area contributed by atoms with E-state index in [1.165, 1.54) is 6.07 Å². The zero-order valence-electron chi connectivity index (χ0n) is 10.0. The molecule has 19 heavy (non-hydrogen) atoms. The highest BCUT2D eigenvalue weighted by molar-refractivity contribution is 14.1. The van der Waals surface area contributed by atoms with Crippen LogP contribution in [0.25, 0.3) is 0 Å². The Hall–Kier alpha value is -0.690. The highest BCUT2D eigenvalue weighted by atomic mass is 127. The zero-order valence-corrected chi connectivity index (χ0v) is 13.0. The van der Waals surface area contributed by atoms with Gasteiger partial charge in [0.2, 0.25) is 0 Å². The monoisotopic (exact) mass is 390 g/mol. The fraction of sp³-hybridized carbons (Fsp3) is 0.143. The summed E-state index contributed by atoms with van der Waals surface area (Å²) in [6.07, 6.45) is 0.535. The fourth-order valence-electron chi connectivity index (χ4n) is 1.89. The van der Waals surface area contributed by atoms with Crippen molar-refractivity contribution in [2.75, 3.05) is 0 Å². The summed E-state index contributed by atoms with van der Waals surface area (Å²) in [7, 11) is 0. The Labute approximate surface area is 130 Å². The van der Waals surface area contributed by atoms with Gasteiger partial charge in [-0.3, -0.25) is 11.3 Å². The number of hydrogen-bond donors (Lipinski definition) is 2. The maximum atomic E-state index is 13.4. The van der Waals surface area contributed by atoms with Crippen molar-refractivity contribution in [1.29, 1.82) is 0 Å². The molecule has 0 amide bonds. The Morgan fingerprint density at radius 3 is 2.53 bits per heavy atom. The van der Waals surface area contributed by atoms with E-state index in [0.717, 1.165) is 14.7 Å². The summed E-state index contributed by atoms with van der Waals surface area (Å²) in [5, 5.41) is 0.160. The fourth-order valence-corrected chi connectivity index (χ4v) is 2.46. The zero-order chi connectivity index (χ0) is 13.8. The Morgan fingerprint density at radius 1 is 1.21 bits per heavy atom. The van der Waals surface area contributed by atoms with E-state index in [-0.39, 0.29) is 11.1 Å². The maximum absolute atomic E-state index is 13.4. The van der Waals surface area contributed by atoms with E-state index in [0.29, 0.717) is 6.42 Å². The quantitative estimate of drug-likeness (QED) is 0.473. The standard InChI is InChI=1S/C14H13ClFIN2/c15-14-10(2-1-3-12(14)16)8-13(19-18)9-4-6-11(17)7-5-9/h1-7,13,19H,8,18H2. The van der Waals surface area contributed by atoms with Crippen molar-refractivity contribution >= 4 is 34.2 Å². The highest BCUT2D eigenvalue weighted by Crippen LogP contribution is 2.25. The van der Waals surface area contributed by atoms with Crippen molar-refractivity contribution in [3.63, 3.8) is 0 Å². The summed E-state index contributed by atoms with van der Waals surface area (Å²) in [4.78, 5) is 0. The summed E-state index contributed by atoms with van der Waals surface area (Å²) in [5.41, 5.74) is 4.53. The Balaban J connectivity index is 2.24. The number of halogens is 3. The van der Waals surface area contributed by atoms with Crippen LogP contribution in [0.15, 0.2) is 42.5 Å². The van der Waals surface area contributed by atoms with E-state index in [1.807, 2.05) is 30.3 Å². The summed E-state index contributed by atoms with van der Waals surface area (Å²) >= 11 is 8.21. The minimum atomic E-state index is -0.405. The van der Waals surface area contributed by atoms with Crippen LogP contribution in [0.1, 0.15) is 17.2 Å². The van der Waals surface area contributed by atoms with Crippen LogP contribution in [-0.4, -0.2) is 0 Å². The molecule has 0 aliphatic rings. The van der Waals surface area contributed by atoms with Gasteiger partial charge < -0.3 is 0 Å². The Bertz CT molecular complexity index is 560. The van der Waals surface area contributed by atoms with Crippen molar-refractivity contribution in [1.82, 2.24) is 5.43 Å². The van der Waals surface area contributed by atoms with Crippen LogP contribution in [0, 0.1) is 9.39 Å². The molecule has 0 aromatic heterocycles. The van der Waals surface area contributed by atoms with Crippen molar-refractivity contribution in [2.45, 2.75) is 12.5 Å². The number of rotatable bonds is 4. The van der Waals surface area contributed by atoms with Crippen molar-refractivity contribution in [2.24, 2.45) is 5.84 Å². The second-order valence-electron chi connectivity index (χ2n) is 4.19. The summed E-state index contributed by atoms with van der Waals surface area (Å²) in [6, 6.07) is 12.7. The van der Waals surface area contributed by atoms with Gasteiger partial charge in [0.25, 0.3) is 0 Å². The molecule has 1 unspecified atom stereocenters. The Kier molecular flexibility index (Phi) is 5.15. The molecule has 0 radical (unpaired) electrons. The molecule has 0 bridgehead atoms. The average molecular weight is 391 g/mol. The molecule has 1 atom stereocenters. The average Bonchev–Trinajstić information content (AvgIpc) is 2.42. The Morgan fingerprint density at radius 2 is 1.89 bits per heavy atom. The molecule has 0 fully saturated rings. The first-order valence-corrected chi connectivity index (χ1v) is 7.22. The van der Waals surface area contributed by atoms with Crippen molar-refractivity contribution < 1.29 is 4.39 Å². The van der Waals surface area contributed by atoms with Crippen LogP contribution in [0.5, 0.6) is 0 Å². The van der Waals surface area contributed by atoms with E-state index >= 15 is 0 Å². The van der Waals surface area contributed by atoms with Crippen molar-refractivity contribution in [3.8, 4) is 0 Å². The number of benzene rings is 2. The maximum Gasteiger partial charge on any atom is 0.142 e. The van der Waals surface area contributed by atoms with E-state index in [2.05, 4.69) is 28.0 Å². The van der Waals surface area contributed by atoms with Crippen LogP contribution < -0.4 is 11.3 Å². The van der Waals surface area contributed by atoms with Gasteiger partial charge in [-0.1, -0.05) is 35.9 Å². The SMILES string of the molecule is NNC(Cc1cccc(F)c1Cl)c1ccc(I)cc1. The third kappa shape index (κ3) is 3.66. The molecule has 0 saturated carbocycles. The summed E-state index contributed by atoms with van der Waals surface area (Å²) < 4.78 is 14.6. The highest BCUT2D eigenvalue weighted by Gasteiger charge is 2.14. The normalized spacial score (nSPS) is 12.4. The molecule has 0 aliphatic carbocycles. The first kappa shape index (κ1) is 14.7. The molecule has 3 N–H and O–H groups in total. The third-order valence-electron chi connectivity index (χ3n) is 2.93. The molecule has 2 nitrogen and oxygen atoms in total. The van der Waals surface area contributed by atoms with Crippen LogP contribution >= 0.6 is 34.2 Å². The summed E-state index contributed by atoms with van der Waals surface area (Å²) in [5.74, 6) is 5.19. The molecule has 0 aliphatic heterocycles. The number of hydrazine groups is 1. The molecule has 2 aromatic rings. The molecule has 0 spiro atoms. The van der Waals surface area contributed by atoms with Gasteiger partial charge in [-0.15, -0.1) is 0 Å². The van der Waals surface area contributed by atoms with E-state index in [9.17, 15) is 4.39 Å². The number of hydrogen-bond acceptors (Lipinski definition) is 2. The molecule has 2 rings (SSSR count). The lowest BCUT2D eigenvalue weighted by Crippen LogP contribution is -2.29. The molecule has 0 saturated heterocycles. The second kappa shape index (κ2) is 6.65. The van der Waals surface area contributed by atoms with Gasteiger partial charge in [-0.05, 0) is 58.3 Å². The lowest BCUT2D eigenvalue weighted by molar-refractivity contribution is 0.548. The summed E-state index contributed by atoms with van der Waals surface area (Å²) in [6.45, 7) is 0. The first-order valence-electron chi connectivity index (χ1n) is 5.76. The van der Waals surface area contributed by atoms with Gasteiger partial charge in [0.15, 0.2) is 0 Å².